The third kappa shape index (κ3) is 4.72. The lowest BCUT2D eigenvalue weighted by atomic mass is 9.91. The van der Waals surface area contributed by atoms with Crippen LogP contribution in [-0.4, -0.2) is 41.9 Å². The largest absolute Gasteiger partial charge is 0.430 e. The lowest BCUT2D eigenvalue weighted by Crippen LogP contribution is -2.53. The molecular weight excluding hydrogens is 442 g/mol. The Morgan fingerprint density at radius 1 is 0.906 bits per heavy atom. The van der Waals surface area contributed by atoms with E-state index in [1.165, 1.54) is 12.1 Å². The molecule has 1 aliphatic rings. The smallest absolute Gasteiger partial charge is 0.369 e. The van der Waals surface area contributed by atoms with Gasteiger partial charge in [-0.2, -0.15) is 26.3 Å². The van der Waals surface area contributed by atoms with Gasteiger partial charge in [0.05, 0.1) is 0 Å². The molecule has 2 amide bonds. The van der Waals surface area contributed by atoms with Crippen LogP contribution in [0.3, 0.4) is 0 Å². The lowest BCUT2D eigenvalue weighted by Gasteiger charge is -2.32. The highest BCUT2D eigenvalue weighted by Gasteiger charge is 2.71. The van der Waals surface area contributed by atoms with Gasteiger partial charge in [0.25, 0.3) is 11.5 Å². The second kappa shape index (κ2) is 8.45. The van der Waals surface area contributed by atoms with Crippen LogP contribution in [0.5, 0.6) is 0 Å². The van der Waals surface area contributed by atoms with Gasteiger partial charge in [0.15, 0.2) is 0 Å². The van der Waals surface area contributed by atoms with Crippen molar-refractivity contribution in [3.8, 4) is 0 Å². The summed E-state index contributed by atoms with van der Waals surface area (Å²) in [5, 5.41) is 12.2. The van der Waals surface area contributed by atoms with Crippen molar-refractivity contribution in [1.29, 1.82) is 0 Å². The van der Waals surface area contributed by atoms with Crippen LogP contribution in [0.4, 0.5) is 32.0 Å². The number of nitrogens with one attached hydrogen (secondary N) is 1. The predicted molar refractivity (Wildman–Crippen MR) is 102 cm³/mol. The molecule has 0 bridgehead atoms. The first-order valence-electron chi connectivity index (χ1n) is 9.47. The van der Waals surface area contributed by atoms with Gasteiger partial charge in [-0.05, 0) is 37.1 Å². The molecule has 11 heteroatoms. The molecule has 0 aromatic heterocycles. The van der Waals surface area contributed by atoms with Crippen LogP contribution < -0.4 is 10.2 Å². The number of carbonyl (C=O) groups excluding carboxylic acids is 2. The number of carbonyl (C=O) groups is 2. The van der Waals surface area contributed by atoms with Crippen LogP contribution in [0.2, 0.25) is 0 Å². The normalized spacial score (nSPS) is 14.7. The minimum absolute atomic E-state index is 0.0249. The van der Waals surface area contributed by atoms with E-state index in [2.05, 4.69) is 5.32 Å². The van der Waals surface area contributed by atoms with Crippen molar-refractivity contribution in [2.45, 2.75) is 36.8 Å². The van der Waals surface area contributed by atoms with E-state index in [1.807, 2.05) is 0 Å². The van der Waals surface area contributed by atoms with Gasteiger partial charge in [0.1, 0.15) is 6.54 Å². The second-order valence-electron chi connectivity index (χ2n) is 7.35. The van der Waals surface area contributed by atoms with Gasteiger partial charge in [-0.25, -0.2) is 0 Å². The van der Waals surface area contributed by atoms with E-state index in [0.29, 0.717) is 17.8 Å². The van der Waals surface area contributed by atoms with Crippen molar-refractivity contribution in [2.75, 3.05) is 11.4 Å². The minimum Gasteiger partial charge on any atom is -0.369 e. The van der Waals surface area contributed by atoms with E-state index in [1.54, 1.807) is 18.2 Å². The van der Waals surface area contributed by atoms with Gasteiger partial charge in [-0.1, -0.05) is 30.3 Å². The number of anilines is 1. The van der Waals surface area contributed by atoms with E-state index in [9.17, 15) is 41.0 Å². The Bertz CT molecular complexity index is 956. The van der Waals surface area contributed by atoms with Gasteiger partial charge in [0.2, 0.25) is 5.91 Å². The molecule has 0 saturated heterocycles. The number of aliphatic hydroxyl groups is 1. The zero-order valence-corrected chi connectivity index (χ0v) is 16.4. The van der Waals surface area contributed by atoms with Crippen molar-refractivity contribution in [3.05, 3.63) is 65.7 Å². The summed E-state index contributed by atoms with van der Waals surface area (Å²) in [6.07, 6.45) is -10.4. The zero-order chi connectivity index (χ0) is 23.7. The van der Waals surface area contributed by atoms with Crippen LogP contribution >= 0.6 is 0 Å². The van der Waals surface area contributed by atoms with Crippen LogP contribution in [0, 0.1) is 0 Å². The third-order valence-corrected chi connectivity index (χ3v) is 4.93. The number of halogens is 6. The molecule has 2 N–H and O–H groups in total. The first-order valence-corrected chi connectivity index (χ1v) is 9.47. The molecule has 0 aliphatic heterocycles. The molecule has 0 atom stereocenters. The highest BCUT2D eigenvalue weighted by Crippen LogP contribution is 2.50. The lowest BCUT2D eigenvalue weighted by molar-refractivity contribution is -0.376. The minimum atomic E-state index is -6.03. The van der Waals surface area contributed by atoms with E-state index in [0.717, 1.165) is 29.9 Å². The van der Waals surface area contributed by atoms with Crippen molar-refractivity contribution in [1.82, 2.24) is 5.32 Å². The number of alkyl halides is 6. The summed E-state index contributed by atoms with van der Waals surface area (Å²) in [5.41, 5.74) is -6.52. The SMILES string of the molecule is O=C(CN(C(=O)c1ccc(C(O)(C(F)(F)F)C(F)(F)F)cc1)c1ccccc1)NC1CC1. The molecule has 2 aromatic rings. The molecule has 3 rings (SSSR count). The maximum atomic E-state index is 13.1. The maximum absolute atomic E-state index is 13.1. The fourth-order valence-corrected chi connectivity index (χ4v) is 3.03. The fraction of sp³-hybridized carbons (Fsp3) is 0.333. The Kier molecular flexibility index (Phi) is 6.23. The number of para-hydroxylation sites is 1. The Hall–Kier alpha value is -3.08. The topological polar surface area (TPSA) is 69.6 Å². The Morgan fingerprint density at radius 2 is 1.44 bits per heavy atom. The summed E-state index contributed by atoms with van der Waals surface area (Å²) in [6, 6.07) is 10.2. The first-order chi connectivity index (χ1) is 14.8. The molecule has 5 nitrogen and oxygen atoms in total. The Labute approximate surface area is 178 Å². The monoisotopic (exact) mass is 460 g/mol. The fourth-order valence-electron chi connectivity index (χ4n) is 3.03. The quantitative estimate of drug-likeness (QED) is 0.642. The Morgan fingerprint density at radius 3 is 1.91 bits per heavy atom. The molecule has 1 saturated carbocycles. The van der Waals surface area contributed by atoms with E-state index < -0.39 is 41.9 Å². The Balaban J connectivity index is 1.91. The van der Waals surface area contributed by atoms with Crippen LogP contribution in [0.25, 0.3) is 0 Å². The summed E-state index contributed by atoms with van der Waals surface area (Å²) in [7, 11) is 0. The second-order valence-corrected chi connectivity index (χ2v) is 7.35. The summed E-state index contributed by atoms with van der Waals surface area (Å²) in [6.45, 7) is -0.393. The zero-order valence-electron chi connectivity index (χ0n) is 16.4. The maximum Gasteiger partial charge on any atom is 0.430 e. The number of hydrogen-bond acceptors (Lipinski definition) is 3. The molecule has 0 heterocycles. The number of benzene rings is 2. The molecule has 0 unspecified atom stereocenters. The van der Waals surface area contributed by atoms with Crippen LogP contribution in [0.1, 0.15) is 28.8 Å². The highest BCUT2D eigenvalue weighted by molar-refractivity contribution is 6.08. The van der Waals surface area contributed by atoms with E-state index in [-0.39, 0.29) is 11.6 Å². The summed E-state index contributed by atoms with van der Waals surface area (Å²) in [5.74, 6) is -1.26. The number of rotatable bonds is 6. The molecule has 1 aliphatic carbocycles. The standard InChI is InChI=1S/C21H18F6N2O3/c22-20(23,24)19(32,21(25,26)27)14-8-6-13(7-9-14)18(31)29(16-4-2-1-3-5-16)12-17(30)28-15-10-11-15/h1-9,15,32H,10-12H2,(H,28,30). The molecule has 32 heavy (non-hydrogen) atoms. The predicted octanol–water partition coefficient (Wildman–Crippen LogP) is 3.92. The van der Waals surface area contributed by atoms with Gasteiger partial charge >= 0.3 is 12.4 Å². The summed E-state index contributed by atoms with van der Waals surface area (Å²) >= 11 is 0. The summed E-state index contributed by atoms with van der Waals surface area (Å²) < 4.78 is 78.3. The average molecular weight is 460 g/mol. The molecule has 172 valence electrons. The molecule has 0 spiro atoms. The molecule has 0 radical (unpaired) electrons. The first kappa shape index (κ1) is 23.6. The molecule has 1 fully saturated rings. The molecule has 2 aromatic carbocycles. The van der Waals surface area contributed by atoms with Crippen LogP contribution in [-0.2, 0) is 10.4 Å². The van der Waals surface area contributed by atoms with Gasteiger partial charge in [-0.15, -0.1) is 0 Å². The summed E-state index contributed by atoms with van der Waals surface area (Å²) in [4.78, 5) is 26.3. The van der Waals surface area contributed by atoms with Crippen LogP contribution in [0.15, 0.2) is 54.6 Å². The van der Waals surface area contributed by atoms with Crippen molar-refractivity contribution in [3.63, 3.8) is 0 Å². The van der Waals surface area contributed by atoms with Gasteiger partial charge in [-0.3, -0.25) is 14.5 Å². The number of nitrogens with zero attached hydrogens (tertiary/aromatic N) is 1. The van der Waals surface area contributed by atoms with Crippen molar-refractivity contribution in [2.24, 2.45) is 0 Å². The third-order valence-electron chi connectivity index (χ3n) is 4.93. The van der Waals surface area contributed by atoms with Gasteiger partial charge < -0.3 is 10.4 Å². The number of amides is 2. The number of hydrogen-bond donors (Lipinski definition) is 2. The molecular formula is C21H18F6N2O3. The van der Waals surface area contributed by atoms with Crippen molar-refractivity contribution >= 4 is 17.5 Å². The van der Waals surface area contributed by atoms with E-state index >= 15 is 0 Å². The average Bonchev–Trinajstić information content (AvgIpc) is 3.54. The highest BCUT2D eigenvalue weighted by atomic mass is 19.4. The van der Waals surface area contributed by atoms with E-state index in [4.69, 9.17) is 0 Å². The van der Waals surface area contributed by atoms with Gasteiger partial charge in [0, 0.05) is 22.9 Å². The van der Waals surface area contributed by atoms with Crippen molar-refractivity contribution < 1.29 is 41.0 Å².